The number of halogens is 2. The van der Waals surface area contributed by atoms with Crippen LogP contribution in [0.5, 0.6) is 0 Å². The highest BCUT2D eigenvalue weighted by Gasteiger charge is 2.26. The van der Waals surface area contributed by atoms with Crippen molar-refractivity contribution in [2.45, 2.75) is 23.7 Å². The second-order valence-corrected chi connectivity index (χ2v) is 7.98. The fraction of sp³-hybridized carbons (Fsp3) is 0.158. The molecule has 0 fully saturated rings. The summed E-state index contributed by atoms with van der Waals surface area (Å²) in [7, 11) is -4.67. The molecule has 146 valence electrons. The van der Waals surface area contributed by atoms with E-state index in [1.165, 1.54) is 12.1 Å². The Hall–Kier alpha value is -3.07. The van der Waals surface area contributed by atoms with Crippen molar-refractivity contribution >= 4 is 15.7 Å². The summed E-state index contributed by atoms with van der Waals surface area (Å²) in [5.41, 5.74) is 2.16. The number of hydrogen-bond donors (Lipinski definition) is 1. The maximum absolute atomic E-state index is 12.5. The largest absolute Gasteiger partial charge is 0.348 e. The summed E-state index contributed by atoms with van der Waals surface area (Å²) >= 11 is 0. The molecule has 0 aliphatic rings. The summed E-state index contributed by atoms with van der Waals surface area (Å²) in [5, 5.41) is 2.71. The van der Waals surface area contributed by atoms with E-state index in [0.717, 1.165) is 23.3 Å². The number of benzene rings is 2. The van der Waals surface area contributed by atoms with Gasteiger partial charge in [-0.1, -0.05) is 24.3 Å². The van der Waals surface area contributed by atoms with Crippen LogP contribution < -0.4 is 5.32 Å². The number of nitrogens with zero attached hydrogens (tertiary/aromatic N) is 2. The first-order valence-electron chi connectivity index (χ1n) is 8.30. The van der Waals surface area contributed by atoms with E-state index in [4.69, 9.17) is 0 Å². The van der Waals surface area contributed by atoms with Crippen molar-refractivity contribution in [3.63, 3.8) is 0 Å². The predicted octanol–water partition coefficient (Wildman–Crippen LogP) is 2.86. The molecule has 1 heterocycles. The fourth-order valence-corrected chi connectivity index (χ4v) is 3.26. The van der Waals surface area contributed by atoms with Crippen LogP contribution in [0.3, 0.4) is 0 Å². The van der Waals surface area contributed by atoms with Crippen LogP contribution in [0.25, 0.3) is 0 Å². The van der Waals surface area contributed by atoms with Crippen LogP contribution in [0.1, 0.15) is 21.5 Å². The number of rotatable bonds is 7. The van der Waals surface area contributed by atoms with E-state index >= 15 is 0 Å². The van der Waals surface area contributed by atoms with Crippen molar-refractivity contribution in [3.8, 4) is 0 Å². The van der Waals surface area contributed by atoms with Crippen LogP contribution in [0, 0.1) is 0 Å². The van der Waals surface area contributed by atoms with Gasteiger partial charge in [-0.3, -0.25) is 4.79 Å². The quantitative estimate of drug-likeness (QED) is 0.655. The zero-order valence-corrected chi connectivity index (χ0v) is 15.4. The van der Waals surface area contributed by atoms with E-state index < -0.39 is 26.4 Å². The third kappa shape index (κ3) is 4.61. The molecular formula is C19H17F2N3O3S. The Balaban J connectivity index is 1.58. The van der Waals surface area contributed by atoms with Crippen molar-refractivity contribution in [2.75, 3.05) is 0 Å². The first kappa shape index (κ1) is 19.7. The molecule has 0 saturated carbocycles. The minimum Gasteiger partial charge on any atom is -0.348 e. The Morgan fingerprint density at radius 3 is 2.25 bits per heavy atom. The molecular weight excluding hydrogens is 388 g/mol. The second-order valence-electron chi connectivity index (χ2n) is 6.06. The fourth-order valence-electron chi connectivity index (χ4n) is 2.54. The number of nitrogens with one attached hydrogen (secondary N) is 1. The van der Waals surface area contributed by atoms with Crippen LogP contribution in [0.15, 0.2) is 72.1 Å². The van der Waals surface area contributed by atoms with Gasteiger partial charge in [0.05, 0.1) is 11.2 Å². The van der Waals surface area contributed by atoms with E-state index in [2.05, 4.69) is 10.3 Å². The molecule has 0 saturated heterocycles. The zero-order chi connectivity index (χ0) is 20.1. The number of carbonyl (C=O) groups excluding carboxylic acids is 1. The maximum Gasteiger partial charge on any atom is 0.341 e. The molecule has 0 aliphatic carbocycles. The molecule has 9 heteroatoms. The van der Waals surface area contributed by atoms with Crippen LogP contribution in [0.2, 0.25) is 0 Å². The summed E-state index contributed by atoms with van der Waals surface area (Å²) in [4.78, 5) is 15.6. The summed E-state index contributed by atoms with van der Waals surface area (Å²) < 4.78 is 49.8. The lowest BCUT2D eigenvalue weighted by atomic mass is 10.1. The molecule has 1 aromatic heterocycles. The van der Waals surface area contributed by atoms with E-state index in [1.54, 1.807) is 12.5 Å². The number of aromatic nitrogens is 2. The summed E-state index contributed by atoms with van der Waals surface area (Å²) in [6.07, 6.45) is 5.30. The smallest absolute Gasteiger partial charge is 0.341 e. The van der Waals surface area contributed by atoms with Gasteiger partial charge < -0.3 is 9.88 Å². The van der Waals surface area contributed by atoms with Crippen molar-refractivity contribution in [1.82, 2.24) is 14.9 Å². The summed E-state index contributed by atoms with van der Waals surface area (Å²) in [6.45, 7) is 0.974. The SMILES string of the molecule is O=C(NCc1ccc(Cn2ccnc2)cc1)c1ccc(S(=O)(=O)C(F)F)cc1. The number of imidazole rings is 1. The van der Waals surface area contributed by atoms with Gasteiger partial charge >= 0.3 is 5.76 Å². The van der Waals surface area contributed by atoms with Gasteiger partial charge in [-0.2, -0.15) is 8.78 Å². The lowest BCUT2D eigenvalue weighted by Crippen LogP contribution is -2.23. The standard InChI is InChI=1S/C19H17F2N3O3S/c20-19(21)28(26,27)17-7-5-16(6-8-17)18(25)23-11-14-1-3-15(4-2-14)12-24-10-9-22-13-24/h1-10,13,19H,11-12H2,(H,23,25). The van der Waals surface area contributed by atoms with Gasteiger partial charge in [0, 0.05) is 31.0 Å². The molecule has 3 aromatic rings. The Bertz CT molecular complexity index is 1030. The number of amides is 1. The number of hydrogen-bond acceptors (Lipinski definition) is 4. The molecule has 0 spiro atoms. The summed E-state index contributed by atoms with van der Waals surface area (Å²) in [5.74, 6) is -3.92. The Morgan fingerprint density at radius 2 is 1.68 bits per heavy atom. The minimum absolute atomic E-state index is 0.185. The molecule has 1 N–H and O–H groups in total. The molecule has 0 bridgehead atoms. The monoisotopic (exact) mass is 405 g/mol. The number of sulfone groups is 1. The van der Waals surface area contributed by atoms with Crippen molar-refractivity contribution < 1.29 is 22.0 Å². The normalized spacial score (nSPS) is 11.5. The van der Waals surface area contributed by atoms with Gasteiger partial charge in [-0.15, -0.1) is 0 Å². The number of carbonyl (C=O) groups is 1. The van der Waals surface area contributed by atoms with E-state index in [1.807, 2.05) is 35.0 Å². The van der Waals surface area contributed by atoms with Gasteiger partial charge in [0.1, 0.15) is 0 Å². The van der Waals surface area contributed by atoms with Crippen LogP contribution in [0.4, 0.5) is 8.78 Å². The lowest BCUT2D eigenvalue weighted by Gasteiger charge is -2.08. The molecule has 3 rings (SSSR count). The third-order valence-electron chi connectivity index (χ3n) is 4.08. The highest BCUT2D eigenvalue weighted by molar-refractivity contribution is 7.91. The van der Waals surface area contributed by atoms with E-state index in [-0.39, 0.29) is 12.1 Å². The van der Waals surface area contributed by atoms with E-state index in [9.17, 15) is 22.0 Å². The first-order valence-corrected chi connectivity index (χ1v) is 9.85. The van der Waals surface area contributed by atoms with Gasteiger partial charge in [0.2, 0.25) is 9.84 Å². The Kier molecular flexibility index (Phi) is 5.84. The van der Waals surface area contributed by atoms with Crippen molar-refractivity contribution in [3.05, 3.63) is 83.9 Å². The molecule has 1 amide bonds. The maximum atomic E-state index is 12.5. The van der Waals surface area contributed by atoms with Crippen molar-refractivity contribution in [2.24, 2.45) is 0 Å². The van der Waals surface area contributed by atoms with Gasteiger partial charge in [0.25, 0.3) is 5.91 Å². The molecule has 28 heavy (non-hydrogen) atoms. The Labute approximate surface area is 160 Å². The average Bonchev–Trinajstić information content (AvgIpc) is 3.20. The molecule has 0 atom stereocenters. The Morgan fingerprint density at radius 1 is 1.04 bits per heavy atom. The molecule has 6 nitrogen and oxygen atoms in total. The minimum atomic E-state index is -4.67. The predicted molar refractivity (Wildman–Crippen MR) is 98.6 cm³/mol. The van der Waals surface area contributed by atoms with Gasteiger partial charge in [-0.05, 0) is 35.4 Å². The zero-order valence-electron chi connectivity index (χ0n) is 14.6. The number of alkyl halides is 2. The van der Waals surface area contributed by atoms with Crippen LogP contribution in [-0.2, 0) is 22.9 Å². The molecule has 0 unspecified atom stereocenters. The van der Waals surface area contributed by atoms with Crippen molar-refractivity contribution in [1.29, 1.82) is 0 Å². The first-order chi connectivity index (χ1) is 13.4. The van der Waals surface area contributed by atoms with Crippen LogP contribution in [-0.4, -0.2) is 29.6 Å². The summed E-state index contributed by atoms with van der Waals surface area (Å²) in [6, 6.07) is 12.1. The van der Waals surface area contributed by atoms with Crippen LogP contribution >= 0.6 is 0 Å². The molecule has 0 aliphatic heterocycles. The molecule has 0 radical (unpaired) electrons. The second kappa shape index (κ2) is 8.30. The van der Waals surface area contributed by atoms with Gasteiger partial charge in [0.15, 0.2) is 0 Å². The third-order valence-corrected chi connectivity index (χ3v) is 5.48. The topological polar surface area (TPSA) is 81.1 Å². The molecule has 2 aromatic carbocycles. The highest BCUT2D eigenvalue weighted by Crippen LogP contribution is 2.18. The lowest BCUT2D eigenvalue weighted by molar-refractivity contribution is 0.0951. The average molecular weight is 405 g/mol. The van der Waals surface area contributed by atoms with E-state index in [0.29, 0.717) is 6.54 Å². The van der Waals surface area contributed by atoms with Gasteiger partial charge in [-0.25, -0.2) is 13.4 Å². The highest BCUT2D eigenvalue weighted by atomic mass is 32.2.